The van der Waals surface area contributed by atoms with Gasteiger partial charge in [0.1, 0.15) is 17.8 Å². The molecule has 4 aliphatic heterocycles. The van der Waals surface area contributed by atoms with Gasteiger partial charge in [0.2, 0.25) is 17.6 Å². The molecule has 0 aliphatic carbocycles. The third kappa shape index (κ3) is 3.28. The molecule has 0 saturated carbocycles. The minimum atomic E-state index is -2.60. The van der Waals surface area contributed by atoms with Gasteiger partial charge in [0.15, 0.2) is 12.0 Å². The maximum Gasteiger partial charge on any atom is 0.343 e. The fourth-order valence-electron chi connectivity index (χ4n) is 5.34. The molecule has 2 saturated heterocycles. The molecular weight excluding hydrogens is 460 g/mol. The fourth-order valence-corrected chi connectivity index (χ4v) is 5.34. The molecule has 1 aromatic rings. The summed E-state index contributed by atoms with van der Waals surface area (Å²) in [5, 5.41) is 28.5. The van der Waals surface area contributed by atoms with E-state index in [9.17, 15) is 24.6 Å². The summed E-state index contributed by atoms with van der Waals surface area (Å²) < 4.78 is 5.15. The van der Waals surface area contributed by atoms with Gasteiger partial charge in [-0.15, -0.1) is 0 Å². The van der Waals surface area contributed by atoms with Gasteiger partial charge in [0.25, 0.3) is 11.6 Å². The first kappa shape index (κ1) is 22.9. The average Bonchev–Trinajstić information content (AvgIpc) is 3.42. The lowest BCUT2D eigenvalue weighted by atomic mass is 9.84. The molecule has 4 atom stereocenters. The Bertz CT molecular complexity index is 1150. The topological polar surface area (TPSA) is 210 Å². The first-order chi connectivity index (χ1) is 16.6. The molecule has 14 heteroatoms. The van der Waals surface area contributed by atoms with Gasteiger partial charge in [0.05, 0.1) is 20.2 Å². The van der Waals surface area contributed by atoms with Crippen LogP contribution in [0.2, 0.25) is 0 Å². The number of aliphatic imine (C=N–C) groups is 1. The highest BCUT2D eigenvalue weighted by molar-refractivity contribution is 6.02. The fraction of sp³-hybridized carbons (Fsp3) is 0.476. The summed E-state index contributed by atoms with van der Waals surface area (Å²) in [4.78, 5) is 47.2. The van der Waals surface area contributed by atoms with E-state index in [1.165, 1.54) is 18.1 Å². The van der Waals surface area contributed by atoms with Crippen LogP contribution in [0.1, 0.15) is 23.2 Å². The van der Waals surface area contributed by atoms with Crippen LogP contribution in [0, 0.1) is 0 Å². The predicted octanol–water partition coefficient (Wildman–Crippen LogP) is -5.30. The van der Waals surface area contributed by atoms with E-state index >= 15 is 0 Å². The summed E-state index contributed by atoms with van der Waals surface area (Å²) in [5.74, 6) is -3.39. The van der Waals surface area contributed by atoms with Crippen molar-refractivity contribution in [2.75, 3.05) is 20.2 Å². The number of nitrogens with one attached hydrogen (secondary N) is 3. The third-order valence-electron chi connectivity index (χ3n) is 7.05. The van der Waals surface area contributed by atoms with Crippen molar-refractivity contribution in [3.63, 3.8) is 0 Å². The number of nitrogens with two attached hydrogens (primary N) is 2. The van der Waals surface area contributed by atoms with Gasteiger partial charge in [-0.2, -0.15) is 0 Å². The van der Waals surface area contributed by atoms with Crippen LogP contribution >= 0.6 is 0 Å². The van der Waals surface area contributed by atoms with Gasteiger partial charge in [-0.1, -0.05) is 6.07 Å². The van der Waals surface area contributed by atoms with E-state index in [0.29, 0.717) is 5.75 Å². The monoisotopic (exact) mass is 487 g/mol. The number of aliphatic hydroxyl groups is 2. The molecule has 5 rings (SSSR count). The Morgan fingerprint density at radius 2 is 2.03 bits per heavy atom. The van der Waals surface area contributed by atoms with Crippen LogP contribution in [0.25, 0.3) is 0 Å². The normalized spacial score (nSPS) is 30.9. The predicted molar refractivity (Wildman–Crippen MR) is 119 cm³/mol. The molecule has 0 aromatic heterocycles. The summed E-state index contributed by atoms with van der Waals surface area (Å²) in [6.45, 7) is -0.220. The smallest absolute Gasteiger partial charge is 0.343 e. The molecule has 0 unspecified atom stereocenters. The van der Waals surface area contributed by atoms with E-state index in [1.807, 2.05) is 0 Å². The van der Waals surface area contributed by atoms with Gasteiger partial charge in [-0.05, 0) is 18.2 Å². The van der Waals surface area contributed by atoms with Crippen LogP contribution in [-0.2, 0) is 9.59 Å². The Balaban J connectivity index is 1.46. The van der Waals surface area contributed by atoms with Gasteiger partial charge in [-0.25, -0.2) is 10.3 Å². The SMILES string of the molecule is COc1cccc(C(=O)N[C@H]2CN3C(N)=N[C@@H](CN4C(=O)CCC4=O)[C@@H]4[NH+]=C(N)N[C@@]43C2(O)O)c1. The van der Waals surface area contributed by atoms with Crippen molar-refractivity contribution < 1.29 is 34.3 Å². The number of benzene rings is 1. The molecule has 4 aliphatic rings. The molecule has 1 aromatic carbocycles. The molecule has 0 radical (unpaired) electrons. The molecule has 3 amide bonds. The van der Waals surface area contributed by atoms with E-state index in [4.69, 9.17) is 16.2 Å². The Hall–Kier alpha value is -3.91. The number of ether oxygens (including phenoxy) is 1. The zero-order chi connectivity index (χ0) is 25.1. The molecule has 9 N–H and O–H groups in total. The average molecular weight is 487 g/mol. The van der Waals surface area contributed by atoms with Crippen LogP contribution < -0.4 is 31.8 Å². The second kappa shape index (κ2) is 7.81. The lowest BCUT2D eigenvalue weighted by molar-refractivity contribution is -0.521. The van der Waals surface area contributed by atoms with Crippen molar-refractivity contribution in [1.29, 1.82) is 0 Å². The number of hydrogen-bond donors (Lipinski definition) is 7. The largest absolute Gasteiger partial charge is 0.497 e. The lowest BCUT2D eigenvalue weighted by Crippen LogP contribution is -2.90. The summed E-state index contributed by atoms with van der Waals surface area (Å²) >= 11 is 0. The van der Waals surface area contributed by atoms with Crippen molar-refractivity contribution in [3.8, 4) is 5.75 Å². The summed E-state index contributed by atoms with van der Waals surface area (Å²) in [6.07, 6.45) is 0.212. The number of hydrogen-bond acceptors (Lipinski definition) is 11. The highest BCUT2D eigenvalue weighted by Crippen LogP contribution is 2.41. The molecule has 35 heavy (non-hydrogen) atoms. The number of carbonyl (C=O) groups is 3. The Morgan fingerprint density at radius 1 is 1.31 bits per heavy atom. The zero-order valence-electron chi connectivity index (χ0n) is 18.9. The Kier molecular flexibility index (Phi) is 5.10. The Labute approximate surface area is 199 Å². The van der Waals surface area contributed by atoms with Crippen molar-refractivity contribution in [2.24, 2.45) is 16.5 Å². The van der Waals surface area contributed by atoms with E-state index in [0.717, 1.165) is 4.90 Å². The Morgan fingerprint density at radius 3 is 2.71 bits per heavy atom. The van der Waals surface area contributed by atoms with E-state index < -0.39 is 35.5 Å². The van der Waals surface area contributed by atoms with E-state index in [1.54, 1.807) is 18.2 Å². The van der Waals surface area contributed by atoms with Gasteiger partial charge < -0.3 is 26.0 Å². The molecule has 14 nitrogen and oxygen atoms in total. The highest BCUT2D eigenvalue weighted by Gasteiger charge is 2.76. The number of likely N-dealkylation sites (tertiary alicyclic amines) is 1. The summed E-state index contributed by atoms with van der Waals surface area (Å²) in [5.41, 5.74) is 10.8. The first-order valence-corrected chi connectivity index (χ1v) is 11.1. The number of amides is 3. The standard InChI is InChI=1S/C21H26N8O6/c1-35-11-4-2-3-10(7-11)17(32)25-13-9-29-19(23)24-12(8-28-14(30)5-6-15(28)31)16-20(29,21(13,33)34)27-18(22)26-16/h2-4,7,12-13,16,33-34H,5-6,8-9H2,1H3,(H2,23,24)(H,25,32)(H3,22,26,27)/p+1/t12-,13-,16-,20-/m0/s1. The number of guanidine groups is 2. The molecule has 186 valence electrons. The second-order valence-electron chi connectivity index (χ2n) is 8.97. The van der Waals surface area contributed by atoms with Crippen molar-refractivity contribution in [3.05, 3.63) is 29.8 Å². The van der Waals surface area contributed by atoms with Gasteiger partial charge in [0, 0.05) is 18.4 Å². The van der Waals surface area contributed by atoms with Crippen molar-refractivity contribution in [2.45, 2.75) is 42.4 Å². The molecule has 0 bridgehead atoms. The first-order valence-electron chi connectivity index (χ1n) is 11.1. The molecule has 4 heterocycles. The minimum absolute atomic E-state index is 0.0289. The second-order valence-corrected chi connectivity index (χ2v) is 8.97. The molecule has 1 spiro atoms. The van der Waals surface area contributed by atoms with Gasteiger partial charge >= 0.3 is 5.96 Å². The highest BCUT2D eigenvalue weighted by atomic mass is 16.5. The van der Waals surface area contributed by atoms with E-state index in [2.05, 4.69) is 20.6 Å². The number of methoxy groups -OCH3 is 1. The van der Waals surface area contributed by atoms with Gasteiger partial charge in [-0.3, -0.25) is 34.9 Å². The van der Waals surface area contributed by atoms with Crippen LogP contribution in [0.4, 0.5) is 0 Å². The van der Waals surface area contributed by atoms with Crippen LogP contribution in [0.3, 0.4) is 0 Å². The van der Waals surface area contributed by atoms with Crippen LogP contribution in [-0.4, -0.2) is 99.4 Å². The number of nitrogens with zero attached hydrogens (tertiary/aromatic N) is 3. The maximum atomic E-state index is 12.9. The molecular formula is C21H27N8O6+. The molecule has 2 fully saturated rings. The minimum Gasteiger partial charge on any atom is -0.497 e. The van der Waals surface area contributed by atoms with Crippen LogP contribution in [0.5, 0.6) is 5.75 Å². The van der Waals surface area contributed by atoms with Crippen molar-refractivity contribution >= 4 is 29.6 Å². The number of imide groups is 1. The van der Waals surface area contributed by atoms with Crippen LogP contribution in [0.15, 0.2) is 29.3 Å². The van der Waals surface area contributed by atoms with Crippen molar-refractivity contribution in [1.82, 2.24) is 20.4 Å². The number of rotatable bonds is 5. The summed E-state index contributed by atoms with van der Waals surface area (Å²) in [7, 11) is 1.47. The maximum absolute atomic E-state index is 12.9. The quantitative estimate of drug-likeness (QED) is 0.155. The third-order valence-corrected chi connectivity index (χ3v) is 7.05. The van der Waals surface area contributed by atoms with E-state index in [-0.39, 0.29) is 55.2 Å². The number of carbonyl (C=O) groups excluding carboxylic acids is 3. The lowest BCUT2D eigenvalue weighted by Gasteiger charge is -2.46. The zero-order valence-corrected chi connectivity index (χ0v) is 18.9. The summed E-state index contributed by atoms with van der Waals surface area (Å²) in [6, 6.07) is 3.45.